The monoisotopic (exact) mass is 558 g/mol. The molecule has 5 rings (SSSR count). The number of aliphatic hydroxyl groups excluding tert-OH is 1. The van der Waals surface area contributed by atoms with Gasteiger partial charge in [0.15, 0.2) is 0 Å². The quantitative estimate of drug-likeness (QED) is 0.326. The fourth-order valence-electron chi connectivity index (χ4n) is 4.92. The maximum absolute atomic E-state index is 14.3. The number of rotatable bonds is 9. The van der Waals surface area contributed by atoms with Gasteiger partial charge in [0.05, 0.1) is 50.7 Å². The summed E-state index contributed by atoms with van der Waals surface area (Å²) in [5.41, 5.74) is -0.230. The number of hydrogen-bond donors (Lipinski definition) is 1. The third-order valence-corrected chi connectivity index (χ3v) is 8.08. The molecule has 0 unspecified atom stereocenters. The molecule has 14 heteroatoms. The highest BCUT2D eigenvalue weighted by molar-refractivity contribution is 7.21. The van der Waals surface area contributed by atoms with Crippen LogP contribution in [0.2, 0.25) is 0 Å². The van der Waals surface area contributed by atoms with Crippen LogP contribution in [0.15, 0.2) is 40.2 Å². The lowest BCUT2D eigenvalue weighted by molar-refractivity contribution is -0.126. The number of carbonyl (C=O) groups is 1. The molecule has 1 aromatic carbocycles. The average molecular weight is 559 g/mol. The summed E-state index contributed by atoms with van der Waals surface area (Å²) in [6.45, 7) is 1.44. The van der Waals surface area contributed by atoms with Crippen LogP contribution in [0, 0.1) is 12.7 Å². The number of nitrogens with zero attached hydrogens (tertiary/aromatic N) is 6. The van der Waals surface area contributed by atoms with E-state index in [2.05, 4.69) is 10.2 Å². The maximum atomic E-state index is 14.3. The predicted molar refractivity (Wildman–Crippen MR) is 140 cm³/mol. The number of thiophene rings is 1. The first-order chi connectivity index (χ1) is 18.7. The molecule has 206 valence electrons. The molecule has 0 aliphatic carbocycles. The van der Waals surface area contributed by atoms with Gasteiger partial charge < -0.3 is 19.5 Å². The Hall–Kier alpha value is -3.88. The summed E-state index contributed by atoms with van der Waals surface area (Å²) in [4.78, 5) is 43.4. The number of ether oxygens (including phenoxy) is 2. The van der Waals surface area contributed by atoms with Crippen molar-refractivity contribution in [3.8, 4) is 10.8 Å². The third kappa shape index (κ3) is 4.75. The lowest BCUT2D eigenvalue weighted by atomic mass is 10.1. The van der Waals surface area contributed by atoms with Gasteiger partial charge in [0.1, 0.15) is 27.5 Å². The molecule has 1 N–H and O–H groups in total. The lowest BCUT2D eigenvalue weighted by Gasteiger charge is -2.23. The second kappa shape index (κ2) is 10.7. The van der Waals surface area contributed by atoms with Crippen molar-refractivity contribution in [1.82, 2.24) is 29.0 Å². The highest BCUT2D eigenvalue weighted by atomic mass is 32.1. The van der Waals surface area contributed by atoms with Crippen molar-refractivity contribution in [1.29, 1.82) is 0 Å². The van der Waals surface area contributed by atoms with Gasteiger partial charge in [-0.05, 0) is 25.1 Å². The summed E-state index contributed by atoms with van der Waals surface area (Å²) in [7, 11) is 3.06. The van der Waals surface area contributed by atoms with Crippen LogP contribution in [0.25, 0.3) is 15.2 Å². The Morgan fingerprint density at radius 3 is 2.62 bits per heavy atom. The smallest absolute Gasteiger partial charge is 0.332 e. The van der Waals surface area contributed by atoms with Gasteiger partial charge in [-0.3, -0.25) is 18.7 Å². The fourth-order valence-corrected chi connectivity index (χ4v) is 6.14. The Bertz CT molecular complexity index is 1650. The topological polar surface area (TPSA) is 134 Å². The number of aromatic nitrogens is 5. The van der Waals surface area contributed by atoms with E-state index in [1.165, 1.54) is 52.0 Å². The molecule has 1 fully saturated rings. The fraction of sp³-hybridized carbons (Fsp3) is 0.400. The molecule has 3 aromatic heterocycles. The van der Waals surface area contributed by atoms with Gasteiger partial charge in [0.2, 0.25) is 5.91 Å². The van der Waals surface area contributed by atoms with Crippen LogP contribution in [0.1, 0.15) is 29.7 Å². The number of hydrogen-bond acceptors (Lipinski definition) is 9. The summed E-state index contributed by atoms with van der Waals surface area (Å²) in [5, 5.41) is 18.7. The summed E-state index contributed by atoms with van der Waals surface area (Å²) < 4.78 is 28.2. The molecular weight excluding hydrogens is 531 g/mol. The number of aryl methyl sites for hydroxylation is 1. The van der Waals surface area contributed by atoms with Crippen LogP contribution >= 0.6 is 11.3 Å². The molecule has 1 amide bonds. The molecule has 1 aliphatic rings. The van der Waals surface area contributed by atoms with Crippen molar-refractivity contribution < 1.29 is 23.8 Å². The highest BCUT2D eigenvalue weighted by Crippen LogP contribution is 2.34. The van der Waals surface area contributed by atoms with Crippen LogP contribution in [0.5, 0.6) is 5.75 Å². The summed E-state index contributed by atoms with van der Waals surface area (Å²) in [6, 6.07) is 3.29. The molecule has 1 aliphatic heterocycles. The van der Waals surface area contributed by atoms with E-state index in [4.69, 9.17) is 9.47 Å². The molecule has 0 radical (unpaired) electrons. The van der Waals surface area contributed by atoms with Crippen LogP contribution in [-0.4, -0.2) is 74.0 Å². The number of likely N-dealkylation sites (N-methyl/N-ethyl adjacent to an activating group) is 1. The molecule has 4 heterocycles. The Balaban J connectivity index is 1.75. The number of amides is 1. The van der Waals surface area contributed by atoms with Crippen molar-refractivity contribution in [2.75, 3.05) is 33.9 Å². The molecule has 12 nitrogen and oxygen atoms in total. The number of likely N-dealkylation sites (tertiary alicyclic amines) is 1. The number of benzene rings is 1. The molecule has 1 saturated heterocycles. The number of halogens is 1. The maximum Gasteiger partial charge on any atom is 0.332 e. The minimum absolute atomic E-state index is 0.00999. The normalized spacial score (nSPS) is 16.4. The Morgan fingerprint density at radius 1 is 1.23 bits per heavy atom. The zero-order valence-electron chi connectivity index (χ0n) is 21.5. The molecule has 39 heavy (non-hydrogen) atoms. The average Bonchev–Trinajstić information content (AvgIpc) is 3.63. The Morgan fingerprint density at radius 2 is 1.97 bits per heavy atom. The summed E-state index contributed by atoms with van der Waals surface area (Å²) in [6.07, 6.45) is 2.10. The van der Waals surface area contributed by atoms with Crippen molar-refractivity contribution in [2.45, 2.75) is 32.0 Å². The van der Waals surface area contributed by atoms with E-state index < -0.39 is 29.2 Å². The van der Waals surface area contributed by atoms with E-state index in [1.807, 2.05) is 0 Å². The first kappa shape index (κ1) is 26.7. The van der Waals surface area contributed by atoms with E-state index in [1.54, 1.807) is 14.0 Å². The molecule has 0 saturated carbocycles. The van der Waals surface area contributed by atoms with E-state index in [0.29, 0.717) is 32.1 Å². The van der Waals surface area contributed by atoms with Crippen LogP contribution < -0.4 is 16.0 Å². The Kier molecular flexibility index (Phi) is 7.34. The zero-order chi connectivity index (χ0) is 27.8. The van der Waals surface area contributed by atoms with Gasteiger partial charge in [-0.2, -0.15) is 10.2 Å². The summed E-state index contributed by atoms with van der Waals surface area (Å²) >= 11 is 1.16. The lowest BCUT2D eigenvalue weighted by Crippen LogP contribution is -2.43. The first-order valence-corrected chi connectivity index (χ1v) is 13.0. The second-order valence-corrected chi connectivity index (χ2v) is 10.2. The van der Waals surface area contributed by atoms with Gasteiger partial charge in [-0.1, -0.05) is 11.3 Å². The first-order valence-electron chi connectivity index (χ1n) is 12.2. The molecule has 0 spiro atoms. The van der Waals surface area contributed by atoms with Crippen LogP contribution in [-0.2, 0) is 16.1 Å². The van der Waals surface area contributed by atoms with Gasteiger partial charge >= 0.3 is 5.69 Å². The molecule has 0 bridgehead atoms. The number of aliphatic hydroxyl groups is 1. The minimum Gasteiger partial charge on any atom is -0.496 e. The molecule has 2 atom stereocenters. The van der Waals surface area contributed by atoms with Gasteiger partial charge in [0.25, 0.3) is 5.56 Å². The van der Waals surface area contributed by atoms with Gasteiger partial charge in [-0.25, -0.2) is 9.18 Å². The number of fused-ring (bicyclic) bond motifs is 1. The Labute approximate surface area is 225 Å². The van der Waals surface area contributed by atoms with Gasteiger partial charge in [0, 0.05) is 31.1 Å². The second-order valence-electron chi connectivity index (χ2n) is 9.20. The highest BCUT2D eigenvalue weighted by Gasteiger charge is 2.33. The van der Waals surface area contributed by atoms with Crippen molar-refractivity contribution in [2.24, 2.45) is 0 Å². The molecule has 4 aromatic rings. The van der Waals surface area contributed by atoms with Crippen LogP contribution in [0.4, 0.5) is 4.39 Å². The zero-order valence-corrected chi connectivity index (χ0v) is 22.4. The number of carbonyl (C=O) groups excluding carboxylic acids is 1. The van der Waals surface area contributed by atoms with E-state index in [0.717, 1.165) is 15.9 Å². The predicted octanol–water partition coefficient (Wildman–Crippen LogP) is 1.41. The minimum atomic E-state index is -0.920. The van der Waals surface area contributed by atoms with Crippen molar-refractivity contribution in [3.05, 3.63) is 68.4 Å². The SMILES string of the molecule is COc1ccc(F)cc1[C@H](Cn1c(=O)n([C@@H]2CC(=O)N(C)C2)c(=O)c2c(C)c(-n3nccn3)sc21)OCCO. The molecular formula is C25H27FN6O6S. The van der Waals surface area contributed by atoms with E-state index in [-0.39, 0.29) is 38.6 Å². The van der Waals surface area contributed by atoms with E-state index in [9.17, 15) is 23.9 Å². The third-order valence-electron chi connectivity index (χ3n) is 6.80. The van der Waals surface area contributed by atoms with Crippen molar-refractivity contribution >= 4 is 27.5 Å². The van der Waals surface area contributed by atoms with Crippen LogP contribution in [0.3, 0.4) is 0 Å². The van der Waals surface area contributed by atoms with Crippen molar-refractivity contribution in [3.63, 3.8) is 0 Å². The largest absolute Gasteiger partial charge is 0.496 e. The standard InChI is InChI=1S/C25H27FN6O6S/c1-14-21-22(35)31(16-11-20(34)29(2)12-16)25(36)30(24(21)39-23(14)32-27-6-7-28-32)13-19(38-9-8-33)17-10-15(26)4-5-18(17)37-3/h4-7,10,16,19,33H,8-9,11-13H2,1-3H3/t16-,19+/m1/s1. The van der Waals surface area contributed by atoms with Gasteiger partial charge in [-0.15, -0.1) is 4.80 Å². The summed E-state index contributed by atoms with van der Waals surface area (Å²) in [5.74, 6) is -0.365. The number of methoxy groups -OCH3 is 1. The van der Waals surface area contributed by atoms with E-state index >= 15 is 0 Å².